The van der Waals surface area contributed by atoms with Crippen molar-refractivity contribution in [3.63, 3.8) is 0 Å². The van der Waals surface area contributed by atoms with Crippen LogP contribution in [0.4, 0.5) is 13.2 Å². The molecule has 0 aliphatic carbocycles. The van der Waals surface area contributed by atoms with Crippen molar-refractivity contribution in [2.45, 2.75) is 12.3 Å². The molecule has 0 amide bonds. The van der Waals surface area contributed by atoms with Crippen LogP contribution in [0, 0.1) is 0 Å². The molecule has 2 aromatic rings. The van der Waals surface area contributed by atoms with Crippen LogP contribution in [0.5, 0.6) is 0 Å². The van der Waals surface area contributed by atoms with E-state index in [0.29, 0.717) is 5.69 Å². The van der Waals surface area contributed by atoms with Crippen LogP contribution < -0.4 is 0 Å². The summed E-state index contributed by atoms with van der Waals surface area (Å²) in [5.41, 5.74) is 1.29. The zero-order valence-electron chi connectivity index (χ0n) is 8.48. The van der Waals surface area contributed by atoms with Crippen LogP contribution in [0.3, 0.4) is 0 Å². The molecule has 90 valence electrons. The Morgan fingerprint density at radius 3 is 2.65 bits per heavy atom. The first-order chi connectivity index (χ1) is 7.98. The molecule has 1 aromatic heterocycles. The van der Waals surface area contributed by atoms with Crippen LogP contribution in [0.25, 0.3) is 0 Å². The van der Waals surface area contributed by atoms with E-state index in [1.807, 2.05) is 0 Å². The molecule has 1 aromatic carbocycles. The molecule has 0 radical (unpaired) electrons. The van der Waals surface area contributed by atoms with Gasteiger partial charge in [0.15, 0.2) is 0 Å². The summed E-state index contributed by atoms with van der Waals surface area (Å²) in [7, 11) is 0. The first kappa shape index (κ1) is 12.1. The third kappa shape index (κ3) is 2.65. The van der Waals surface area contributed by atoms with E-state index in [4.69, 9.17) is 0 Å². The zero-order chi connectivity index (χ0) is 12.5. The largest absolute Gasteiger partial charge is 0.416 e. The maximum absolute atomic E-state index is 12.5. The predicted molar refractivity (Wildman–Crippen MR) is 57.6 cm³/mol. The molecule has 0 bridgehead atoms. The smallest absolute Gasteiger partial charge is 0.382 e. The number of rotatable bonds is 2. The van der Waals surface area contributed by atoms with Gasteiger partial charge in [0.2, 0.25) is 0 Å². The molecule has 0 aliphatic heterocycles. The minimum Gasteiger partial charge on any atom is -0.382 e. The fourth-order valence-electron chi connectivity index (χ4n) is 1.41. The van der Waals surface area contributed by atoms with Gasteiger partial charge in [-0.25, -0.2) is 4.98 Å². The first-order valence-electron chi connectivity index (χ1n) is 4.72. The molecule has 17 heavy (non-hydrogen) atoms. The van der Waals surface area contributed by atoms with Crippen molar-refractivity contribution in [1.29, 1.82) is 0 Å². The number of thiazole rings is 1. The van der Waals surface area contributed by atoms with Gasteiger partial charge >= 0.3 is 6.18 Å². The summed E-state index contributed by atoms with van der Waals surface area (Å²) in [5, 5.41) is 11.4. The molecule has 0 spiro atoms. The third-order valence-electron chi connectivity index (χ3n) is 2.26. The van der Waals surface area contributed by atoms with Crippen molar-refractivity contribution >= 4 is 11.3 Å². The molecule has 0 saturated carbocycles. The van der Waals surface area contributed by atoms with E-state index in [1.54, 1.807) is 5.38 Å². The molecule has 0 fully saturated rings. The SMILES string of the molecule is OC(c1cccc(C(F)(F)F)c1)c1cscn1. The molecular weight excluding hydrogens is 251 g/mol. The van der Waals surface area contributed by atoms with E-state index in [9.17, 15) is 18.3 Å². The van der Waals surface area contributed by atoms with E-state index in [2.05, 4.69) is 4.98 Å². The molecule has 1 atom stereocenters. The average molecular weight is 259 g/mol. The Labute approximate surface area is 99.4 Å². The van der Waals surface area contributed by atoms with Gasteiger partial charge in [-0.2, -0.15) is 13.2 Å². The van der Waals surface area contributed by atoms with Gasteiger partial charge in [0.25, 0.3) is 0 Å². The second-order valence-electron chi connectivity index (χ2n) is 3.44. The third-order valence-corrected chi connectivity index (χ3v) is 2.87. The van der Waals surface area contributed by atoms with Crippen LogP contribution in [0.15, 0.2) is 35.2 Å². The Kier molecular flexibility index (Phi) is 3.17. The predicted octanol–water partition coefficient (Wildman–Crippen LogP) is 3.24. The van der Waals surface area contributed by atoms with E-state index in [-0.39, 0.29) is 5.56 Å². The normalized spacial score (nSPS) is 13.6. The summed E-state index contributed by atoms with van der Waals surface area (Å²) < 4.78 is 37.4. The van der Waals surface area contributed by atoms with E-state index in [0.717, 1.165) is 12.1 Å². The fraction of sp³-hybridized carbons (Fsp3) is 0.182. The van der Waals surface area contributed by atoms with Crippen molar-refractivity contribution in [3.05, 3.63) is 52.0 Å². The second kappa shape index (κ2) is 4.46. The lowest BCUT2D eigenvalue weighted by atomic mass is 10.0. The highest BCUT2D eigenvalue weighted by molar-refractivity contribution is 7.07. The summed E-state index contributed by atoms with van der Waals surface area (Å²) in [4.78, 5) is 3.87. The maximum Gasteiger partial charge on any atom is 0.416 e. The topological polar surface area (TPSA) is 33.1 Å². The molecule has 0 saturated heterocycles. The van der Waals surface area contributed by atoms with Gasteiger partial charge < -0.3 is 5.11 Å². The van der Waals surface area contributed by atoms with Gasteiger partial charge in [-0.15, -0.1) is 11.3 Å². The first-order valence-corrected chi connectivity index (χ1v) is 5.66. The van der Waals surface area contributed by atoms with Gasteiger partial charge in [-0.3, -0.25) is 0 Å². The Morgan fingerprint density at radius 2 is 2.06 bits per heavy atom. The Hall–Kier alpha value is -1.40. The molecule has 1 unspecified atom stereocenters. The summed E-state index contributed by atoms with van der Waals surface area (Å²) in [6, 6.07) is 4.62. The van der Waals surface area contributed by atoms with Crippen LogP contribution >= 0.6 is 11.3 Å². The second-order valence-corrected chi connectivity index (χ2v) is 4.16. The fourth-order valence-corrected chi connectivity index (χ4v) is 1.99. The number of hydrogen-bond donors (Lipinski definition) is 1. The summed E-state index contributed by atoms with van der Waals surface area (Å²) in [6.45, 7) is 0. The molecule has 1 heterocycles. The van der Waals surface area contributed by atoms with Crippen LogP contribution in [0.1, 0.15) is 22.9 Å². The summed E-state index contributed by atoms with van der Waals surface area (Å²) in [5.74, 6) is 0. The number of aliphatic hydroxyl groups excluding tert-OH is 1. The van der Waals surface area contributed by atoms with Gasteiger partial charge in [0.1, 0.15) is 6.10 Å². The minimum absolute atomic E-state index is 0.186. The van der Waals surface area contributed by atoms with Gasteiger partial charge in [-0.1, -0.05) is 12.1 Å². The average Bonchev–Trinajstić information content (AvgIpc) is 2.80. The highest BCUT2D eigenvalue weighted by Crippen LogP contribution is 2.31. The summed E-state index contributed by atoms with van der Waals surface area (Å²) in [6.07, 6.45) is -5.53. The molecule has 2 nitrogen and oxygen atoms in total. The van der Waals surface area contributed by atoms with Gasteiger partial charge in [0, 0.05) is 5.38 Å². The Morgan fingerprint density at radius 1 is 1.29 bits per heavy atom. The number of halogens is 3. The van der Waals surface area contributed by atoms with E-state index < -0.39 is 17.8 Å². The van der Waals surface area contributed by atoms with Crippen LogP contribution in [0.2, 0.25) is 0 Å². The Balaban J connectivity index is 2.34. The van der Waals surface area contributed by atoms with Crippen LogP contribution in [-0.2, 0) is 6.18 Å². The molecule has 1 N–H and O–H groups in total. The lowest BCUT2D eigenvalue weighted by Gasteiger charge is -2.11. The monoisotopic (exact) mass is 259 g/mol. The van der Waals surface area contributed by atoms with Crippen molar-refractivity contribution in [1.82, 2.24) is 4.98 Å². The standard InChI is InChI=1S/C11H8F3NOS/c12-11(13,14)8-3-1-2-7(4-8)10(16)9-5-17-6-15-9/h1-6,10,16H. The number of nitrogens with zero attached hydrogens (tertiary/aromatic N) is 1. The number of aliphatic hydroxyl groups is 1. The maximum atomic E-state index is 12.5. The number of alkyl halides is 3. The highest BCUT2D eigenvalue weighted by Gasteiger charge is 2.31. The summed E-state index contributed by atoms with van der Waals surface area (Å²) >= 11 is 1.28. The number of hydrogen-bond acceptors (Lipinski definition) is 3. The minimum atomic E-state index is -4.40. The Bertz CT molecular complexity index is 496. The highest BCUT2D eigenvalue weighted by atomic mass is 32.1. The zero-order valence-corrected chi connectivity index (χ0v) is 9.29. The van der Waals surface area contributed by atoms with Crippen LogP contribution in [-0.4, -0.2) is 10.1 Å². The number of aromatic nitrogens is 1. The quantitative estimate of drug-likeness (QED) is 0.898. The molecule has 2 rings (SSSR count). The van der Waals surface area contributed by atoms with Gasteiger partial charge in [-0.05, 0) is 17.7 Å². The van der Waals surface area contributed by atoms with Crippen molar-refractivity contribution < 1.29 is 18.3 Å². The lowest BCUT2D eigenvalue weighted by Crippen LogP contribution is -2.07. The van der Waals surface area contributed by atoms with Gasteiger partial charge in [0.05, 0.1) is 16.8 Å². The van der Waals surface area contributed by atoms with E-state index >= 15 is 0 Å². The number of benzene rings is 1. The van der Waals surface area contributed by atoms with Crippen molar-refractivity contribution in [2.24, 2.45) is 0 Å². The van der Waals surface area contributed by atoms with Crippen molar-refractivity contribution in [2.75, 3.05) is 0 Å². The van der Waals surface area contributed by atoms with E-state index in [1.165, 1.54) is 29.0 Å². The molecule has 6 heteroatoms. The molecular formula is C11H8F3NOS. The van der Waals surface area contributed by atoms with Crippen molar-refractivity contribution in [3.8, 4) is 0 Å². The molecule has 0 aliphatic rings. The lowest BCUT2D eigenvalue weighted by molar-refractivity contribution is -0.137.